The molecule has 0 bridgehead atoms. The normalized spacial score (nSPS) is 38.8. The maximum Gasteiger partial charge on any atom is 0.00698 e. The zero-order valence-electron chi connectivity index (χ0n) is 7.67. The fraction of sp³-hybridized carbons (Fsp3) is 1.00. The highest BCUT2D eigenvalue weighted by Crippen LogP contribution is 2.37. The minimum atomic E-state index is 0.540. The first-order valence-electron chi connectivity index (χ1n) is 5.21. The van der Waals surface area contributed by atoms with Crippen molar-refractivity contribution >= 4 is 11.8 Å². The lowest BCUT2D eigenvalue weighted by molar-refractivity contribution is 0.292. The molecule has 1 heterocycles. The zero-order chi connectivity index (χ0) is 8.39. The van der Waals surface area contributed by atoms with Crippen LogP contribution in [-0.4, -0.2) is 17.5 Å². The monoisotopic (exact) mass is 185 g/mol. The Morgan fingerprint density at radius 1 is 1.00 bits per heavy atom. The summed E-state index contributed by atoms with van der Waals surface area (Å²) in [4.78, 5) is 0. The molecular formula is C10H19NS. The third-order valence-electron chi connectivity index (χ3n) is 3.50. The van der Waals surface area contributed by atoms with Gasteiger partial charge in [-0.2, -0.15) is 11.8 Å². The summed E-state index contributed by atoms with van der Waals surface area (Å²) in [6.45, 7) is 0. The van der Waals surface area contributed by atoms with Crippen molar-refractivity contribution in [1.29, 1.82) is 0 Å². The van der Waals surface area contributed by atoms with E-state index in [0.29, 0.717) is 6.04 Å². The van der Waals surface area contributed by atoms with Crippen LogP contribution in [0.2, 0.25) is 0 Å². The molecule has 0 amide bonds. The van der Waals surface area contributed by atoms with Crippen LogP contribution in [0.5, 0.6) is 0 Å². The van der Waals surface area contributed by atoms with Gasteiger partial charge in [0, 0.05) is 6.04 Å². The van der Waals surface area contributed by atoms with E-state index in [1.54, 1.807) is 0 Å². The van der Waals surface area contributed by atoms with E-state index in [0.717, 1.165) is 11.8 Å². The van der Waals surface area contributed by atoms with Crippen molar-refractivity contribution in [3.05, 3.63) is 0 Å². The van der Waals surface area contributed by atoms with Crippen molar-refractivity contribution in [2.24, 2.45) is 17.6 Å². The molecule has 0 aromatic rings. The Morgan fingerprint density at radius 3 is 2.33 bits per heavy atom. The van der Waals surface area contributed by atoms with E-state index in [2.05, 4.69) is 11.8 Å². The molecule has 2 heteroatoms. The Balaban J connectivity index is 1.89. The molecule has 0 aromatic carbocycles. The van der Waals surface area contributed by atoms with E-state index in [1.807, 2.05) is 0 Å². The van der Waals surface area contributed by atoms with Gasteiger partial charge in [0.05, 0.1) is 0 Å². The summed E-state index contributed by atoms with van der Waals surface area (Å²) in [5.41, 5.74) is 6.10. The van der Waals surface area contributed by atoms with Crippen molar-refractivity contribution < 1.29 is 0 Å². The molecule has 0 aromatic heterocycles. The van der Waals surface area contributed by atoms with Gasteiger partial charge in [-0.05, 0) is 49.0 Å². The Morgan fingerprint density at radius 2 is 1.75 bits per heavy atom. The van der Waals surface area contributed by atoms with Crippen LogP contribution >= 0.6 is 11.8 Å². The summed E-state index contributed by atoms with van der Waals surface area (Å²) in [5, 5.41) is 0. The molecule has 1 saturated heterocycles. The molecule has 0 radical (unpaired) electrons. The van der Waals surface area contributed by atoms with Crippen LogP contribution in [0.4, 0.5) is 0 Å². The van der Waals surface area contributed by atoms with E-state index in [-0.39, 0.29) is 0 Å². The molecule has 1 nitrogen and oxygen atoms in total. The lowest BCUT2D eigenvalue weighted by atomic mass is 9.84. The Bertz CT molecular complexity index is 143. The smallest absolute Gasteiger partial charge is 0.00698 e. The predicted octanol–water partition coefficient (Wildman–Crippen LogP) is 2.26. The molecule has 1 saturated carbocycles. The molecule has 70 valence electrons. The molecule has 2 fully saturated rings. The van der Waals surface area contributed by atoms with E-state index < -0.39 is 0 Å². The van der Waals surface area contributed by atoms with E-state index in [9.17, 15) is 0 Å². The van der Waals surface area contributed by atoms with Gasteiger partial charge in [-0.25, -0.2) is 0 Å². The summed E-state index contributed by atoms with van der Waals surface area (Å²) in [6.07, 6.45) is 6.95. The van der Waals surface area contributed by atoms with Crippen LogP contribution in [-0.2, 0) is 0 Å². The van der Waals surface area contributed by atoms with Gasteiger partial charge in [0.25, 0.3) is 0 Å². The van der Waals surface area contributed by atoms with Gasteiger partial charge >= 0.3 is 0 Å². The highest BCUT2D eigenvalue weighted by molar-refractivity contribution is 7.99. The SMILES string of the molecule is NC1CCCC1C1CCSCC1. The Kier molecular flexibility index (Phi) is 2.97. The number of rotatable bonds is 1. The summed E-state index contributed by atoms with van der Waals surface area (Å²) >= 11 is 2.12. The molecule has 2 unspecified atom stereocenters. The van der Waals surface area contributed by atoms with Crippen molar-refractivity contribution in [3.63, 3.8) is 0 Å². The first-order valence-corrected chi connectivity index (χ1v) is 6.37. The lowest BCUT2D eigenvalue weighted by Gasteiger charge is -2.29. The summed E-state index contributed by atoms with van der Waals surface area (Å²) in [5.74, 6) is 4.62. The van der Waals surface area contributed by atoms with Crippen LogP contribution in [0.15, 0.2) is 0 Å². The number of hydrogen-bond donors (Lipinski definition) is 1. The van der Waals surface area contributed by atoms with E-state index in [4.69, 9.17) is 5.73 Å². The van der Waals surface area contributed by atoms with E-state index in [1.165, 1.54) is 43.6 Å². The third kappa shape index (κ3) is 1.80. The van der Waals surface area contributed by atoms with Crippen molar-refractivity contribution in [2.45, 2.75) is 38.1 Å². The number of nitrogens with two attached hydrogens (primary N) is 1. The minimum Gasteiger partial charge on any atom is -0.327 e. The molecule has 12 heavy (non-hydrogen) atoms. The fourth-order valence-electron chi connectivity index (χ4n) is 2.75. The maximum absolute atomic E-state index is 6.10. The van der Waals surface area contributed by atoms with Crippen LogP contribution < -0.4 is 5.73 Å². The van der Waals surface area contributed by atoms with Gasteiger partial charge in [0.1, 0.15) is 0 Å². The average molecular weight is 185 g/mol. The number of hydrogen-bond acceptors (Lipinski definition) is 2. The van der Waals surface area contributed by atoms with Gasteiger partial charge in [-0.3, -0.25) is 0 Å². The molecule has 2 rings (SSSR count). The van der Waals surface area contributed by atoms with Gasteiger partial charge in [-0.15, -0.1) is 0 Å². The molecule has 2 N–H and O–H groups in total. The molecule has 1 aliphatic heterocycles. The molecule has 2 aliphatic rings. The van der Waals surface area contributed by atoms with E-state index >= 15 is 0 Å². The summed E-state index contributed by atoms with van der Waals surface area (Å²) in [7, 11) is 0. The average Bonchev–Trinajstić information content (AvgIpc) is 2.53. The van der Waals surface area contributed by atoms with Crippen molar-refractivity contribution in [1.82, 2.24) is 0 Å². The Labute approximate surface area is 79.5 Å². The standard InChI is InChI=1S/C10H19NS/c11-10-3-1-2-9(10)8-4-6-12-7-5-8/h8-10H,1-7,11H2. The summed E-state index contributed by atoms with van der Waals surface area (Å²) in [6, 6.07) is 0.540. The molecular weight excluding hydrogens is 166 g/mol. The van der Waals surface area contributed by atoms with Crippen LogP contribution in [0, 0.1) is 11.8 Å². The fourth-order valence-corrected chi connectivity index (χ4v) is 3.89. The molecule has 0 spiro atoms. The third-order valence-corrected chi connectivity index (χ3v) is 4.55. The van der Waals surface area contributed by atoms with Gasteiger partial charge in [0.15, 0.2) is 0 Å². The van der Waals surface area contributed by atoms with Gasteiger partial charge in [0.2, 0.25) is 0 Å². The second-order valence-corrected chi connectivity index (χ2v) is 5.43. The summed E-state index contributed by atoms with van der Waals surface area (Å²) < 4.78 is 0. The second-order valence-electron chi connectivity index (χ2n) is 4.21. The minimum absolute atomic E-state index is 0.540. The largest absolute Gasteiger partial charge is 0.327 e. The van der Waals surface area contributed by atoms with Crippen LogP contribution in [0.3, 0.4) is 0 Å². The first kappa shape index (κ1) is 8.89. The quantitative estimate of drug-likeness (QED) is 0.678. The topological polar surface area (TPSA) is 26.0 Å². The predicted molar refractivity (Wildman–Crippen MR) is 55.4 cm³/mol. The van der Waals surface area contributed by atoms with Crippen molar-refractivity contribution in [2.75, 3.05) is 11.5 Å². The van der Waals surface area contributed by atoms with Gasteiger partial charge in [-0.1, -0.05) is 6.42 Å². The zero-order valence-corrected chi connectivity index (χ0v) is 8.48. The van der Waals surface area contributed by atoms with Crippen LogP contribution in [0.1, 0.15) is 32.1 Å². The van der Waals surface area contributed by atoms with Crippen LogP contribution in [0.25, 0.3) is 0 Å². The maximum atomic E-state index is 6.10. The lowest BCUT2D eigenvalue weighted by Crippen LogP contribution is -2.32. The van der Waals surface area contributed by atoms with Gasteiger partial charge < -0.3 is 5.73 Å². The molecule has 1 aliphatic carbocycles. The highest BCUT2D eigenvalue weighted by Gasteiger charge is 2.31. The highest BCUT2D eigenvalue weighted by atomic mass is 32.2. The number of thioether (sulfide) groups is 1. The Hall–Kier alpha value is 0.310. The molecule has 2 atom stereocenters. The first-order chi connectivity index (χ1) is 5.88. The van der Waals surface area contributed by atoms with Crippen molar-refractivity contribution in [3.8, 4) is 0 Å². The second kappa shape index (κ2) is 4.01.